The molecule has 21 heavy (non-hydrogen) atoms. The van der Waals surface area contributed by atoms with Gasteiger partial charge in [-0.05, 0) is 12.8 Å². The van der Waals surface area contributed by atoms with Gasteiger partial charge in [-0.25, -0.2) is 0 Å². The molecule has 2 N–H and O–H groups in total. The molecular formula is C13H24ClNO6. The van der Waals surface area contributed by atoms with Gasteiger partial charge >= 0.3 is 17.9 Å². The van der Waals surface area contributed by atoms with Crippen LogP contribution < -0.4 is 12.4 Å². The minimum Gasteiger partial charge on any atom is -1.00 e. The van der Waals surface area contributed by atoms with E-state index in [1.54, 1.807) is 0 Å². The van der Waals surface area contributed by atoms with E-state index >= 15 is 0 Å². The second-order valence-corrected chi connectivity index (χ2v) is 5.18. The summed E-state index contributed by atoms with van der Waals surface area (Å²) in [6.07, 6.45) is -1.03. The van der Waals surface area contributed by atoms with Crippen LogP contribution in [0.4, 0.5) is 0 Å². The lowest BCUT2D eigenvalue weighted by Gasteiger charge is -2.28. The lowest BCUT2D eigenvalue weighted by Crippen LogP contribution is -3.00. The number of carbonyl (C=O) groups is 3. The Bertz CT molecular complexity index is 442. The number of esters is 1. The molecule has 0 aliphatic heterocycles. The molecule has 0 saturated carbocycles. The summed E-state index contributed by atoms with van der Waals surface area (Å²) in [5, 5.41) is 17.4. The van der Waals surface area contributed by atoms with Crippen molar-refractivity contribution >= 4 is 17.9 Å². The zero-order valence-corrected chi connectivity index (χ0v) is 12.9. The van der Waals surface area contributed by atoms with Crippen molar-refractivity contribution in [2.45, 2.75) is 38.2 Å². The first-order valence-corrected chi connectivity index (χ1v) is 6.31. The Morgan fingerprint density at radius 1 is 1.14 bits per heavy atom. The number of likely N-dealkylation sites (N-methyl/N-ethyl adjacent to an activating group) is 1. The molecule has 0 heterocycles. The molecule has 7 nitrogen and oxygen atoms in total. The van der Waals surface area contributed by atoms with Crippen LogP contribution in [0.5, 0.6) is 0 Å². The molecule has 0 aliphatic rings. The zero-order chi connectivity index (χ0) is 18.3. The van der Waals surface area contributed by atoms with E-state index in [-0.39, 0.29) is 31.8 Å². The average molecular weight is 330 g/mol. The molecule has 0 fully saturated rings. The molecule has 0 spiro atoms. The molecule has 0 saturated heterocycles. The quantitative estimate of drug-likeness (QED) is 0.203. The van der Waals surface area contributed by atoms with Crippen LogP contribution in [-0.4, -0.2) is 66.3 Å². The first kappa shape index (κ1) is 16.0. The number of rotatable bonds is 10. The largest absolute Gasteiger partial charge is 1.00 e. The first-order valence-electron chi connectivity index (χ1n) is 7.81. The van der Waals surface area contributed by atoms with Crippen molar-refractivity contribution in [1.82, 2.24) is 0 Å². The van der Waals surface area contributed by atoms with E-state index in [9.17, 15) is 14.4 Å². The van der Waals surface area contributed by atoms with Gasteiger partial charge in [-0.2, -0.15) is 0 Å². The van der Waals surface area contributed by atoms with Crippen LogP contribution in [0.25, 0.3) is 0 Å². The smallest absolute Gasteiger partial charge is 0.307 e. The van der Waals surface area contributed by atoms with Crippen LogP contribution >= 0.6 is 0 Å². The Morgan fingerprint density at radius 3 is 2.19 bits per heavy atom. The summed E-state index contributed by atoms with van der Waals surface area (Å²) in [6.45, 7) is -2.53. The number of ether oxygens (including phenoxy) is 1. The fourth-order valence-electron chi connectivity index (χ4n) is 1.64. The second kappa shape index (κ2) is 10.4. The Labute approximate surface area is 135 Å². The van der Waals surface area contributed by atoms with Gasteiger partial charge in [0.25, 0.3) is 0 Å². The topological polar surface area (TPSA) is 101 Å². The number of carboxylic acids is 2. The highest BCUT2D eigenvalue weighted by atomic mass is 35.5. The number of quaternary nitrogens is 1. The van der Waals surface area contributed by atoms with E-state index in [2.05, 4.69) is 0 Å². The lowest BCUT2D eigenvalue weighted by molar-refractivity contribution is -0.873. The van der Waals surface area contributed by atoms with Gasteiger partial charge in [0.1, 0.15) is 6.54 Å². The number of hydrogen-bond acceptors (Lipinski definition) is 4. The predicted molar refractivity (Wildman–Crippen MR) is 71.1 cm³/mol. The number of nitrogens with zero attached hydrogens (tertiary/aromatic N) is 1. The summed E-state index contributed by atoms with van der Waals surface area (Å²) in [5.74, 6) is -2.81. The number of halogens is 1. The molecule has 8 heteroatoms. The Hall–Kier alpha value is -1.34. The van der Waals surface area contributed by atoms with Crippen LogP contribution in [0.3, 0.4) is 0 Å². The van der Waals surface area contributed by atoms with Crippen molar-refractivity contribution in [3.05, 3.63) is 0 Å². The molecule has 0 amide bonds. The highest BCUT2D eigenvalue weighted by Gasteiger charge is 2.24. The predicted octanol–water partition coefficient (Wildman–Crippen LogP) is -2.27. The molecule has 1 atom stereocenters. The van der Waals surface area contributed by atoms with Crippen LogP contribution in [0.2, 0.25) is 0 Å². The zero-order valence-electron chi connectivity index (χ0n) is 15.2. The molecule has 0 aromatic rings. The maximum atomic E-state index is 11.7. The summed E-state index contributed by atoms with van der Waals surface area (Å²) in [6, 6.07) is 0. The fraction of sp³-hybridized carbons (Fsp3) is 0.769. The normalized spacial score (nSPS) is 14.9. The van der Waals surface area contributed by atoms with Gasteiger partial charge in [0.15, 0.2) is 6.10 Å². The highest BCUT2D eigenvalue weighted by Crippen LogP contribution is 2.08. The summed E-state index contributed by atoms with van der Waals surface area (Å²) in [7, 11) is 2.81. The molecule has 0 aromatic carbocycles. The standard InChI is InChI=1S/C13H23NO6.ClH/c1-14(2,3)9-10(8-12(17)18)20-13(19)7-5-4-6-11(15)16;/h10H,4-9H2,1-3H3,(H-,15,16,17,18);1H/t10-;/m1./s1/i1+1D3;. The monoisotopic (exact) mass is 329 g/mol. The van der Waals surface area contributed by atoms with E-state index in [1.165, 1.54) is 14.1 Å². The lowest BCUT2D eigenvalue weighted by atomic mass is 10.2. The maximum absolute atomic E-state index is 11.7. The molecule has 0 unspecified atom stereocenters. The van der Waals surface area contributed by atoms with E-state index < -0.39 is 41.9 Å². The molecule has 0 aromatic heterocycles. The van der Waals surface area contributed by atoms with Gasteiger partial charge in [-0.1, -0.05) is 0 Å². The third-order valence-corrected chi connectivity index (χ3v) is 2.38. The van der Waals surface area contributed by atoms with Crippen molar-refractivity contribution in [3.8, 4) is 0 Å². The fourth-order valence-corrected chi connectivity index (χ4v) is 1.64. The number of unbranched alkanes of at least 4 members (excludes halogenated alkanes) is 1. The minimum atomic E-state index is -2.37. The molecule has 124 valence electrons. The number of carboxylic acid groups (broad SMARTS) is 2. The van der Waals surface area contributed by atoms with Crippen LogP contribution in [0, 0.1) is 0 Å². The third-order valence-electron chi connectivity index (χ3n) is 2.38. The second-order valence-electron chi connectivity index (χ2n) is 5.18. The van der Waals surface area contributed by atoms with Gasteiger partial charge in [-0.15, -0.1) is 0 Å². The first-order chi connectivity index (χ1) is 10.3. The number of hydrogen-bond donors (Lipinski definition) is 2. The van der Waals surface area contributed by atoms with Crippen molar-refractivity contribution < 1.29 is 50.3 Å². The van der Waals surface area contributed by atoms with Crippen LogP contribution in [-0.2, 0) is 19.1 Å². The van der Waals surface area contributed by atoms with Gasteiger partial charge in [0.05, 0.1) is 31.6 Å². The third kappa shape index (κ3) is 14.9. The summed E-state index contributed by atoms with van der Waals surface area (Å²) in [5.41, 5.74) is 0. The van der Waals surface area contributed by atoms with E-state index in [4.69, 9.17) is 19.1 Å². The Kier molecular flexibility index (Phi) is 7.94. The van der Waals surface area contributed by atoms with E-state index in [0.29, 0.717) is 12.8 Å². The summed E-state index contributed by atoms with van der Waals surface area (Å²) in [4.78, 5) is 32.9. The van der Waals surface area contributed by atoms with E-state index in [1.807, 2.05) is 0 Å². The van der Waals surface area contributed by atoms with Crippen molar-refractivity contribution in [1.29, 1.82) is 0 Å². The van der Waals surface area contributed by atoms with Gasteiger partial charge in [0, 0.05) is 12.8 Å². The Morgan fingerprint density at radius 2 is 1.71 bits per heavy atom. The molecule has 0 aliphatic carbocycles. The van der Waals surface area contributed by atoms with Gasteiger partial charge < -0.3 is 31.8 Å². The van der Waals surface area contributed by atoms with Crippen LogP contribution in [0.15, 0.2) is 0 Å². The van der Waals surface area contributed by atoms with Gasteiger partial charge in [-0.3, -0.25) is 14.4 Å². The minimum absolute atomic E-state index is 0. The SMILES string of the molecule is [2H][13C]([2H])([2H])[N+](C)(C)C[C@@H](CC(=O)O)OC(=O)CCCCC(=O)O.[Cl-]. The van der Waals surface area contributed by atoms with Crippen molar-refractivity contribution in [2.75, 3.05) is 27.6 Å². The number of aliphatic carboxylic acids is 2. The molecular weight excluding hydrogens is 303 g/mol. The Balaban J connectivity index is 0. The maximum Gasteiger partial charge on any atom is 0.307 e. The molecule has 0 rings (SSSR count). The molecule has 0 radical (unpaired) electrons. The van der Waals surface area contributed by atoms with Crippen molar-refractivity contribution in [3.63, 3.8) is 0 Å². The molecule has 0 bridgehead atoms. The van der Waals surface area contributed by atoms with Crippen molar-refractivity contribution in [2.24, 2.45) is 0 Å². The van der Waals surface area contributed by atoms with E-state index in [0.717, 1.165) is 0 Å². The summed E-state index contributed by atoms with van der Waals surface area (Å²) >= 11 is 0. The number of carbonyl (C=O) groups excluding carboxylic acids is 1. The summed E-state index contributed by atoms with van der Waals surface area (Å²) < 4.78 is 26.9. The average Bonchev–Trinajstić information content (AvgIpc) is 2.31. The highest BCUT2D eigenvalue weighted by molar-refractivity contribution is 5.71. The van der Waals surface area contributed by atoms with Gasteiger partial charge in [0.2, 0.25) is 0 Å². The van der Waals surface area contributed by atoms with Crippen LogP contribution in [0.1, 0.15) is 36.2 Å².